The molecule has 0 saturated carbocycles. The summed E-state index contributed by atoms with van der Waals surface area (Å²) in [6, 6.07) is 20.4. The summed E-state index contributed by atoms with van der Waals surface area (Å²) in [5.74, 6) is -0.178. The average molecular weight is 309 g/mol. The fourth-order valence-electron chi connectivity index (χ4n) is 2.46. The maximum Gasteiger partial charge on any atom is 0.251 e. The quantitative estimate of drug-likeness (QED) is 0.806. The van der Waals surface area contributed by atoms with Gasteiger partial charge in [0.05, 0.1) is 15.7 Å². The van der Waals surface area contributed by atoms with Gasteiger partial charge in [-0.25, -0.2) is 4.21 Å². The van der Waals surface area contributed by atoms with Crippen molar-refractivity contribution in [3.8, 4) is 0 Å². The molecule has 0 bridgehead atoms. The van der Waals surface area contributed by atoms with Gasteiger partial charge in [0.1, 0.15) is 0 Å². The van der Waals surface area contributed by atoms with E-state index in [1.165, 1.54) is 0 Å². The van der Waals surface area contributed by atoms with Gasteiger partial charge < -0.3 is 5.32 Å². The Kier molecular flexibility index (Phi) is 4.02. The predicted molar refractivity (Wildman–Crippen MR) is 88.5 cm³/mol. The van der Waals surface area contributed by atoms with Crippen molar-refractivity contribution in [2.24, 2.45) is 0 Å². The SMILES string of the molecule is CNC(=O)c1cccc2cccc([S@](=O)c3ccccc3)c12. The van der Waals surface area contributed by atoms with Crippen LogP contribution in [0, 0.1) is 0 Å². The highest BCUT2D eigenvalue weighted by atomic mass is 32.2. The molecule has 1 atom stereocenters. The number of amides is 1. The Morgan fingerprint density at radius 1 is 0.909 bits per heavy atom. The average Bonchev–Trinajstić information content (AvgIpc) is 2.60. The molecule has 4 heteroatoms. The van der Waals surface area contributed by atoms with Crippen LogP contribution in [0.1, 0.15) is 10.4 Å². The molecule has 110 valence electrons. The van der Waals surface area contributed by atoms with Crippen LogP contribution in [0.5, 0.6) is 0 Å². The van der Waals surface area contributed by atoms with Crippen LogP contribution in [0.15, 0.2) is 76.5 Å². The van der Waals surface area contributed by atoms with Gasteiger partial charge in [-0.05, 0) is 29.7 Å². The second-order valence-electron chi connectivity index (χ2n) is 4.82. The van der Waals surface area contributed by atoms with Crippen molar-refractivity contribution < 1.29 is 9.00 Å². The Bertz CT molecular complexity index is 854. The van der Waals surface area contributed by atoms with Gasteiger partial charge in [-0.1, -0.05) is 42.5 Å². The predicted octanol–water partition coefficient (Wildman–Crippen LogP) is 3.37. The molecular weight excluding hydrogens is 294 g/mol. The van der Waals surface area contributed by atoms with Gasteiger partial charge in [0.25, 0.3) is 5.91 Å². The lowest BCUT2D eigenvalue weighted by atomic mass is 10.0. The van der Waals surface area contributed by atoms with Gasteiger partial charge >= 0.3 is 0 Å². The van der Waals surface area contributed by atoms with Gasteiger partial charge in [0.2, 0.25) is 0 Å². The number of rotatable bonds is 3. The van der Waals surface area contributed by atoms with Crippen LogP contribution >= 0.6 is 0 Å². The van der Waals surface area contributed by atoms with Crippen LogP contribution in [0.4, 0.5) is 0 Å². The van der Waals surface area contributed by atoms with Gasteiger partial charge in [0, 0.05) is 22.9 Å². The third-order valence-electron chi connectivity index (χ3n) is 3.50. The lowest BCUT2D eigenvalue weighted by molar-refractivity contribution is 0.0964. The second kappa shape index (κ2) is 6.12. The van der Waals surface area contributed by atoms with E-state index in [0.29, 0.717) is 10.5 Å². The zero-order valence-electron chi connectivity index (χ0n) is 12.1. The van der Waals surface area contributed by atoms with Crippen LogP contribution in [0.2, 0.25) is 0 Å². The summed E-state index contributed by atoms with van der Waals surface area (Å²) < 4.78 is 12.9. The molecule has 0 saturated heterocycles. The van der Waals surface area contributed by atoms with Crippen molar-refractivity contribution in [2.75, 3.05) is 7.05 Å². The molecule has 3 aromatic rings. The number of nitrogens with one attached hydrogen (secondary N) is 1. The van der Waals surface area contributed by atoms with Crippen LogP contribution < -0.4 is 5.32 Å². The number of hydrogen-bond donors (Lipinski definition) is 1. The maximum absolute atomic E-state index is 12.9. The zero-order valence-corrected chi connectivity index (χ0v) is 12.9. The van der Waals surface area contributed by atoms with Gasteiger partial charge in [-0.2, -0.15) is 0 Å². The van der Waals surface area contributed by atoms with E-state index in [4.69, 9.17) is 0 Å². The summed E-state index contributed by atoms with van der Waals surface area (Å²) in [5, 5.41) is 4.29. The van der Waals surface area contributed by atoms with E-state index < -0.39 is 10.8 Å². The Hall–Kier alpha value is -2.46. The van der Waals surface area contributed by atoms with E-state index in [0.717, 1.165) is 15.7 Å². The van der Waals surface area contributed by atoms with Crippen molar-refractivity contribution >= 4 is 27.5 Å². The molecule has 0 aromatic heterocycles. The molecule has 0 unspecified atom stereocenters. The van der Waals surface area contributed by atoms with Crippen LogP contribution in [0.3, 0.4) is 0 Å². The minimum Gasteiger partial charge on any atom is -0.355 e. The number of hydrogen-bond acceptors (Lipinski definition) is 2. The maximum atomic E-state index is 12.9. The van der Waals surface area contributed by atoms with E-state index >= 15 is 0 Å². The van der Waals surface area contributed by atoms with Gasteiger partial charge in [-0.15, -0.1) is 0 Å². The highest BCUT2D eigenvalue weighted by molar-refractivity contribution is 7.85. The van der Waals surface area contributed by atoms with E-state index in [1.807, 2.05) is 60.7 Å². The number of carbonyl (C=O) groups excluding carboxylic acids is 1. The normalized spacial score (nSPS) is 12.0. The first-order valence-corrected chi connectivity index (χ1v) is 8.08. The number of carbonyl (C=O) groups is 1. The molecule has 0 aliphatic heterocycles. The van der Waals surface area contributed by atoms with Gasteiger partial charge in [0.15, 0.2) is 0 Å². The smallest absolute Gasteiger partial charge is 0.251 e. The molecular formula is C18H15NO2S. The van der Waals surface area contributed by atoms with Crippen molar-refractivity contribution in [1.29, 1.82) is 0 Å². The third kappa shape index (κ3) is 2.53. The fourth-order valence-corrected chi connectivity index (χ4v) is 3.73. The van der Waals surface area contributed by atoms with E-state index in [1.54, 1.807) is 13.1 Å². The topological polar surface area (TPSA) is 46.2 Å². The molecule has 3 aromatic carbocycles. The Morgan fingerprint density at radius 2 is 1.59 bits per heavy atom. The largest absolute Gasteiger partial charge is 0.355 e. The lowest BCUT2D eigenvalue weighted by Crippen LogP contribution is -2.18. The molecule has 0 aliphatic carbocycles. The number of benzene rings is 3. The van der Waals surface area contributed by atoms with Crippen molar-refractivity contribution in [3.63, 3.8) is 0 Å². The fraction of sp³-hybridized carbons (Fsp3) is 0.0556. The first-order valence-electron chi connectivity index (χ1n) is 6.93. The summed E-state index contributed by atoms with van der Waals surface area (Å²) in [6.07, 6.45) is 0. The molecule has 1 N–H and O–H groups in total. The molecule has 0 spiro atoms. The standard InChI is InChI=1S/C18H15NO2S/c1-19-18(20)15-11-5-7-13-8-6-12-16(17(13)15)22(21)14-9-3-2-4-10-14/h2-12H,1H3,(H,19,20)/t22-/m1/s1. The molecule has 1 amide bonds. The molecule has 0 aliphatic rings. The summed E-state index contributed by atoms with van der Waals surface area (Å²) in [5.41, 5.74) is 0.542. The summed E-state index contributed by atoms with van der Waals surface area (Å²) in [4.78, 5) is 13.5. The van der Waals surface area contributed by atoms with Crippen molar-refractivity contribution in [2.45, 2.75) is 9.79 Å². The third-order valence-corrected chi connectivity index (χ3v) is 4.94. The number of fused-ring (bicyclic) bond motifs is 1. The minimum atomic E-state index is -1.33. The lowest BCUT2D eigenvalue weighted by Gasteiger charge is -2.11. The highest BCUT2D eigenvalue weighted by Crippen LogP contribution is 2.28. The zero-order chi connectivity index (χ0) is 15.5. The first kappa shape index (κ1) is 14.5. The monoisotopic (exact) mass is 309 g/mol. The van der Waals surface area contributed by atoms with Crippen molar-refractivity contribution in [3.05, 3.63) is 72.3 Å². The summed E-state index contributed by atoms with van der Waals surface area (Å²) in [6.45, 7) is 0. The first-order chi connectivity index (χ1) is 10.7. The van der Waals surface area contributed by atoms with Gasteiger partial charge in [-0.3, -0.25) is 4.79 Å². The molecule has 3 nitrogen and oxygen atoms in total. The highest BCUT2D eigenvalue weighted by Gasteiger charge is 2.16. The molecule has 0 radical (unpaired) electrons. The second-order valence-corrected chi connectivity index (χ2v) is 6.27. The van der Waals surface area contributed by atoms with Crippen molar-refractivity contribution in [1.82, 2.24) is 5.32 Å². The Balaban J connectivity index is 2.26. The van der Waals surface area contributed by atoms with E-state index in [9.17, 15) is 9.00 Å². The van der Waals surface area contributed by atoms with Crippen LogP contribution in [-0.2, 0) is 10.8 Å². The molecule has 0 fully saturated rings. The Labute approximate surface area is 131 Å². The molecule has 22 heavy (non-hydrogen) atoms. The Morgan fingerprint density at radius 3 is 2.27 bits per heavy atom. The molecule has 0 heterocycles. The van der Waals surface area contributed by atoms with Crippen LogP contribution in [0.25, 0.3) is 10.8 Å². The minimum absolute atomic E-state index is 0.178. The summed E-state index contributed by atoms with van der Waals surface area (Å²) in [7, 11) is 0.265. The molecule has 3 rings (SSSR count). The summed E-state index contributed by atoms with van der Waals surface area (Å²) >= 11 is 0. The van der Waals surface area contributed by atoms with E-state index in [2.05, 4.69) is 5.32 Å². The van der Waals surface area contributed by atoms with E-state index in [-0.39, 0.29) is 5.91 Å². The van der Waals surface area contributed by atoms with Crippen LogP contribution in [-0.4, -0.2) is 17.2 Å².